The van der Waals surface area contributed by atoms with Crippen molar-refractivity contribution in [3.05, 3.63) is 90.5 Å². The van der Waals surface area contributed by atoms with Crippen molar-refractivity contribution < 1.29 is 14.3 Å². The summed E-state index contributed by atoms with van der Waals surface area (Å²) in [6.45, 7) is 3.67. The van der Waals surface area contributed by atoms with Gasteiger partial charge in [-0.25, -0.2) is 15.0 Å². The molecule has 180 valence electrons. The first-order chi connectivity index (χ1) is 17.5. The highest BCUT2D eigenvalue weighted by atomic mass is 16.5. The molecule has 1 amide bonds. The molecule has 0 aliphatic carbocycles. The Balaban J connectivity index is 1.35. The number of ether oxygens (including phenoxy) is 2. The monoisotopic (exact) mass is 480 g/mol. The fraction of sp³-hybridized carbons (Fsp3) is 0.148. The number of rotatable bonds is 7. The average molecular weight is 481 g/mol. The van der Waals surface area contributed by atoms with E-state index < -0.39 is 6.10 Å². The molecular weight excluding hydrogens is 456 g/mol. The normalized spacial score (nSPS) is 14.7. The molecule has 0 saturated heterocycles. The van der Waals surface area contributed by atoms with Crippen molar-refractivity contribution in [2.75, 3.05) is 17.7 Å². The third kappa shape index (κ3) is 4.88. The van der Waals surface area contributed by atoms with Crippen molar-refractivity contribution in [2.45, 2.75) is 20.0 Å². The maximum Gasteiger partial charge on any atom is 0.253 e. The molecule has 9 heteroatoms. The van der Waals surface area contributed by atoms with Crippen molar-refractivity contribution in [3.8, 4) is 5.75 Å². The lowest BCUT2D eigenvalue weighted by Gasteiger charge is -2.21. The van der Waals surface area contributed by atoms with Gasteiger partial charge in [0.1, 0.15) is 35.6 Å². The number of amides is 1. The minimum absolute atomic E-state index is 0.228. The van der Waals surface area contributed by atoms with Crippen LogP contribution in [0.25, 0.3) is 10.9 Å². The standard InChI is InChI=1S/C27H24N6O3/c1-17-13-19(6-8-24(17)36-21-9-12-33-11-4-10-28-25(33)15-21)31-26-22-14-20(32-27(34)18(2)35-3)5-7-23(22)29-16-30-26/h5-16,18H,1-3H3,(H,32,34)(H,29,30,31). The number of hydrogen-bond acceptors (Lipinski definition) is 8. The van der Waals surface area contributed by atoms with Crippen molar-refractivity contribution >= 4 is 39.8 Å². The summed E-state index contributed by atoms with van der Waals surface area (Å²) in [5.41, 5.74) is 6.11. The number of aromatic nitrogens is 2. The van der Waals surface area contributed by atoms with E-state index in [4.69, 9.17) is 9.47 Å². The van der Waals surface area contributed by atoms with Crippen LogP contribution in [0.2, 0.25) is 0 Å². The molecule has 2 N–H and O–H groups in total. The highest BCUT2D eigenvalue weighted by Crippen LogP contribution is 2.29. The highest BCUT2D eigenvalue weighted by Gasteiger charge is 2.15. The molecule has 0 saturated carbocycles. The Morgan fingerprint density at radius 3 is 2.83 bits per heavy atom. The third-order valence-corrected chi connectivity index (χ3v) is 5.71. The van der Waals surface area contributed by atoms with E-state index in [2.05, 4.69) is 31.3 Å². The predicted molar refractivity (Wildman–Crippen MR) is 139 cm³/mol. The van der Waals surface area contributed by atoms with Crippen molar-refractivity contribution in [1.29, 1.82) is 0 Å². The number of allylic oxidation sites excluding steroid dienone is 1. The molecule has 2 aliphatic rings. The summed E-state index contributed by atoms with van der Waals surface area (Å²) >= 11 is 0. The lowest BCUT2D eigenvalue weighted by Crippen LogP contribution is -2.26. The number of aliphatic imine (C=N–C) groups is 1. The first kappa shape index (κ1) is 23.0. The van der Waals surface area contributed by atoms with Crippen LogP contribution in [0, 0.1) is 6.92 Å². The molecule has 2 aromatic carbocycles. The summed E-state index contributed by atoms with van der Waals surface area (Å²) < 4.78 is 11.2. The molecule has 3 aromatic rings. The largest absolute Gasteiger partial charge is 0.457 e. The number of carbonyl (C=O) groups is 1. The van der Waals surface area contributed by atoms with Gasteiger partial charge < -0.3 is 25.0 Å². The van der Waals surface area contributed by atoms with Gasteiger partial charge in [-0.1, -0.05) is 5.73 Å². The van der Waals surface area contributed by atoms with Gasteiger partial charge in [0.05, 0.1) is 17.9 Å². The fourth-order valence-electron chi connectivity index (χ4n) is 3.66. The number of nitrogens with zero attached hydrogens (tertiary/aromatic N) is 4. The molecule has 1 unspecified atom stereocenters. The fourth-order valence-corrected chi connectivity index (χ4v) is 3.66. The average Bonchev–Trinajstić information content (AvgIpc) is 2.90. The van der Waals surface area contributed by atoms with Gasteiger partial charge in [-0.3, -0.25) is 4.79 Å². The van der Waals surface area contributed by atoms with Gasteiger partial charge in [-0.15, -0.1) is 0 Å². The van der Waals surface area contributed by atoms with E-state index in [1.165, 1.54) is 13.4 Å². The van der Waals surface area contributed by atoms with Crippen LogP contribution in [0.15, 0.2) is 90.0 Å². The SMILES string of the molecule is COC(C)C(=O)Nc1ccc2ncnc(Nc3ccc(OC4=CC5=NC=C=CN5C=C4)c(C)c3)c2c1. The number of hydrogen-bond donors (Lipinski definition) is 2. The van der Waals surface area contributed by atoms with Gasteiger partial charge in [-0.05, 0) is 61.9 Å². The summed E-state index contributed by atoms with van der Waals surface area (Å²) in [5, 5.41) is 6.99. The second-order valence-corrected chi connectivity index (χ2v) is 8.21. The number of methoxy groups -OCH3 is 1. The Hall–Kier alpha value is -4.72. The van der Waals surface area contributed by atoms with Crippen LogP contribution in [-0.4, -0.2) is 39.8 Å². The topological polar surface area (TPSA) is 101 Å². The van der Waals surface area contributed by atoms with Crippen molar-refractivity contribution in [2.24, 2.45) is 4.99 Å². The Kier molecular flexibility index (Phi) is 6.32. The van der Waals surface area contributed by atoms with Gasteiger partial charge in [-0.2, -0.15) is 0 Å². The van der Waals surface area contributed by atoms with E-state index in [1.54, 1.807) is 19.2 Å². The molecule has 0 radical (unpaired) electrons. The van der Waals surface area contributed by atoms with Gasteiger partial charge in [0, 0.05) is 36.1 Å². The van der Waals surface area contributed by atoms with Gasteiger partial charge >= 0.3 is 0 Å². The van der Waals surface area contributed by atoms with Gasteiger partial charge in [0.2, 0.25) is 0 Å². The summed E-state index contributed by atoms with van der Waals surface area (Å²) in [6, 6.07) is 11.3. The Morgan fingerprint density at radius 1 is 1.14 bits per heavy atom. The van der Waals surface area contributed by atoms with E-state index in [-0.39, 0.29) is 5.91 Å². The second kappa shape index (κ2) is 9.87. The second-order valence-electron chi connectivity index (χ2n) is 8.21. The zero-order valence-electron chi connectivity index (χ0n) is 20.0. The number of carbonyl (C=O) groups excluding carboxylic acids is 1. The zero-order chi connectivity index (χ0) is 25.1. The van der Waals surface area contributed by atoms with Crippen LogP contribution in [0.3, 0.4) is 0 Å². The molecule has 0 bridgehead atoms. The van der Waals surface area contributed by atoms with Crippen LogP contribution in [0.5, 0.6) is 5.75 Å². The van der Waals surface area contributed by atoms with E-state index in [1.807, 2.05) is 66.7 Å². The molecule has 3 heterocycles. The maximum atomic E-state index is 12.2. The third-order valence-electron chi connectivity index (χ3n) is 5.71. The Labute approximate surface area is 208 Å². The van der Waals surface area contributed by atoms with E-state index in [9.17, 15) is 4.79 Å². The molecule has 36 heavy (non-hydrogen) atoms. The molecule has 9 nitrogen and oxygen atoms in total. The minimum atomic E-state index is -0.558. The van der Waals surface area contributed by atoms with Crippen LogP contribution >= 0.6 is 0 Å². The molecule has 5 rings (SSSR count). The van der Waals surface area contributed by atoms with Crippen LogP contribution in [-0.2, 0) is 9.53 Å². The number of benzene rings is 2. The Morgan fingerprint density at radius 2 is 2.00 bits per heavy atom. The Bertz CT molecular complexity index is 1500. The quantitative estimate of drug-likeness (QED) is 0.469. The lowest BCUT2D eigenvalue weighted by molar-refractivity contribution is -0.124. The van der Waals surface area contributed by atoms with E-state index in [0.717, 1.165) is 33.7 Å². The number of aryl methyl sites for hydroxylation is 1. The van der Waals surface area contributed by atoms with E-state index >= 15 is 0 Å². The van der Waals surface area contributed by atoms with Crippen LogP contribution in [0.4, 0.5) is 17.2 Å². The summed E-state index contributed by atoms with van der Waals surface area (Å²) in [4.78, 5) is 27.1. The molecule has 0 spiro atoms. The number of amidine groups is 1. The molecular formula is C27H24N6O3. The van der Waals surface area contributed by atoms with Crippen LogP contribution < -0.4 is 15.4 Å². The molecule has 0 fully saturated rings. The first-order valence-corrected chi connectivity index (χ1v) is 11.3. The summed E-state index contributed by atoms with van der Waals surface area (Å²) in [7, 11) is 1.50. The molecule has 1 atom stereocenters. The lowest BCUT2D eigenvalue weighted by atomic mass is 10.1. The maximum absolute atomic E-state index is 12.2. The zero-order valence-corrected chi connectivity index (χ0v) is 20.0. The van der Waals surface area contributed by atoms with Crippen molar-refractivity contribution in [3.63, 3.8) is 0 Å². The minimum Gasteiger partial charge on any atom is -0.457 e. The predicted octanol–water partition coefficient (Wildman–Crippen LogP) is 4.79. The number of anilines is 3. The first-order valence-electron chi connectivity index (χ1n) is 11.3. The van der Waals surface area contributed by atoms with Gasteiger partial charge in [0.25, 0.3) is 5.91 Å². The smallest absolute Gasteiger partial charge is 0.253 e. The van der Waals surface area contributed by atoms with Gasteiger partial charge in [0.15, 0.2) is 0 Å². The molecule has 2 aliphatic heterocycles. The summed E-state index contributed by atoms with van der Waals surface area (Å²) in [6.07, 6.45) is 10.0. The highest BCUT2D eigenvalue weighted by molar-refractivity contribution is 5.99. The van der Waals surface area contributed by atoms with Crippen LogP contribution in [0.1, 0.15) is 12.5 Å². The van der Waals surface area contributed by atoms with E-state index in [0.29, 0.717) is 17.3 Å². The van der Waals surface area contributed by atoms with Crippen molar-refractivity contribution in [1.82, 2.24) is 14.9 Å². The molecule has 1 aromatic heterocycles. The number of fused-ring (bicyclic) bond motifs is 2. The summed E-state index contributed by atoms with van der Waals surface area (Å²) in [5.74, 6) is 2.59. The number of nitrogens with one attached hydrogen (secondary N) is 2.